The van der Waals surface area contributed by atoms with Gasteiger partial charge in [0, 0.05) is 17.8 Å². The van der Waals surface area contributed by atoms with Crippen molar-refractivity contribution in [1.29, 1.82) is 0 Å². The van der Waals surface area contributed by atoms with Gasteiger partial charge in [-0.05, 0) is 47.5 Å². The molecule has 9 nitrogen and oxygen atoms in total. The molecule has 0 fully saturated rings. The number of carbonyl (C=O) groups is 3. The number of anilines is 1. The molecule has 0 aromatic heterocycles. The molecule has 0 saturated heterocycles. The van der Waals surface area contributed by atoms with Gasteiger partial charge in [0.1, 0.15) is 5.75 Å². The predicted molar refractivity (Wildman–Crippen MR) is 131 cm³/mol. The van der Waals surface area contributed by atoms with Crippen molar-refractivity contribution >= 4 is 35.8 Å². The van der Waals surface area contributed by atoms with Crippen LogP contribution in [-0.2, 0) is 14.4 Å². The molecule has 0 unspecified atom stereocenters. The molecule has 0 aliphatic heterocycles. The number of carbonyl (C=O) groups excluding carboxylic acids is 3. The van der Waals surface area contributed by atoms with Crippen molar-refractivity contribution in [3.8, 4) is 17.2 Å². The lowest BCUT2D eigenvalue weighted by Gasteiger charge is -2.08. The van der Waals surface area contributed by atoms with Crippen LogP contribution in [0.15, 0.2) is 84.0 Å². The fraction of sp³-hybridized carbons (Fsp3) is 0.0769. The zero-order chi connectivity index (χ0) is 25.0. The molecule has 178 valence electrons. The van der Waals surface area contributed by atoms with Crippen molar-refractivity contribution < 1.29 is 28.6 Å². The maximum atomic E-state index is 12.1. The lowest BCUT2D eigenvalue weighted by atomic mass is 10.2. The first-order valence-electron chi connectivity index (χ1n) is 10.4. The number of rotatable bonds is 8. The van der Waals surface area contributed by atoms with Gasteiger partial charge in [-0.25, -0.2) is 10.2 Å². The number of benzene rings is 3. The van der Waals surface area contributed by atoms with Gasteiger partial charge in [0.05, 0.1) is 20.4 Å². The minimum Gasteiger partial charge on any atom is -0.497 e. The Bertz CT molecular complexity index is 1250. The van der Waals surface area contributed by atoms with E-state index in [-0.39, 0.29) is 11.5 Å². The third-order valence-electron chi connectivity index (χ3n) is 4.52. The Morgan fingerprint density at radius 2 is 1.60 bits per heavy atom. The average Bonchev–Trinajstić information content (AvgIpc) is 2.88. The summed E-state index contributed by atoms with van der Waals surface area (Å²) >= 11 is 0. The Morgan fingerprint density at radius 1 is 0.800 bits per heavy atom. The highest BCUT2D eigenvalue weighted by atomic mass is 16.6. The van der Waals surface area contributed by atoms with Gasteiger partial charge >= 0.3 is 17.8 Å². The van der Waals surface area contributed by atoms with E-state index in [0.29, 0.717) is 17.0 Å². The van der Waals surface area contributed by atoms with Crippen LogP contribution in [0.1, 0.15) is 11.1 Å². The molecule has 0 radical (unpaired) electrons. The number of methoxy groups -OCH3 is 2. The largest absolute Gasteiger partial charge is 0.497 e. The van der Waals surface area contributed by atoms with E-state index < -0.39 is 17.8 Å². The first kappa shape index (κ1) is 24.7. The average molecular weight is 473 g/mol. The monoisotopic (exact) mass is 473 g/mol. The SMILES string of the molecule is COc1cccc(NC(=O)C(=O)NN=Cc2ccc(OC(=O)C=Cc3ccccc3)c(OC)c2)c1. The third-order valence-corrected chi connectivity index (χ3v) is 4.52. The van der Waals surface area contributed by atoms with Crippen LogP contribution in [0, 0.1) is 0 Å². The normalized spacial score (nSPS) is 10.7. The number of hydrogen-bond acceptors (Lipinski definition) is 7. The Labute approximate surface area is 202 Å². The molecule has 0 atom stereocenters. The summed E-state index contributed by atoms with van der Waals surface area (Å²) in [7, 11) is 2.93. The zero-order valence-electron chi connectivity index (χ0n) is 19.1. The van der Waals surface area contributed by atoms with Crippen molar-refractivity contribution in [2.45, 2.75) is 0 Å². The van der Waals surface area contributed by atoms with Crippen molar-refractivity contribution in [2.75, 3.05) is 19.5 Å². The molecule has 0 aliphatic carbocycles. The van der Waals surface area contributed by atoms with Gasteiger partial charge in [0.2, 0.25) is 0 Å². The van der Waals surface area contributed by atoms with Crippen LogP contribution in [0.25, 0.3) is 6.08 Å². The maximum absolute atomic E-state index is 12.1. The predicted octanol–water partition coefficient (Wildman–Crippen LogP) is 3.41. The molecule has 3 rings (SSSR count). The molecule has 3 aromatic rings. The molecule has 0 aliphatic rings. The summed E-state index contributed by atoms with van der Waals surface area (Å²) in [5.41, 5.74) is 3.95. The summed E-state index contributed by atoms with van der Waals surface area (Å²) in [5, 5.41) is 6.23. The van der Waals surface area contributed by atoms with Gasteiger partial charge in [-0.2, -0.15) is 5.10 Å². The second-order valence-electron chi connectivity index (χ2n) is 6.96. The van der Waals surface area contributed by atoms with Crippen LogP contribution in [0.4, 0.5) is 5.69 Å². The summed E-state index contributed by atoms with van der Waals surface area (Å²) in [6, 6.07) is 20.6. The Kier molecular flexibility index (Phi) is 8.73. The van der Waals surface area contributed by atoms with E-state index in [1.54, 1.807) is 42.5 Å². The van der Waals surface area contributed by atoms with Crippen molar-refractivity contribution in [3.05, 3.63) is 90.0 Å². The van der Waals surface area contributed by atoms with Crippen LogP contribution in [0.5, 0.6) is 17.2 Å². The number of nitrogens with one attached hydrogen (secondary N) is 2. The van der Waals surface area contributed by atoms with Crippen LogP contribution in [0.2, 0.25) is 0 Å². The van der Waals surface area contributed by atoms with Gasteiger partial charge in [-0.1, -0.05) is 36.4 Å². The molecule has 0 spiro atoms. The number of hydrogen-bond donors (Lipinski definition) is 2. The maximum Gasteiger partial charge on any atom is 0.336 e. The van der Waals surface area contributed by atoms with E-state index in [0.717, 1.165) is 5.56 Å². The van der Waals surface area contributed by atoms with Crippen LogP contribution >= 0.6 is 0 Å². The van der Waals surface area contributed by atoms with E-state index >= 15 is 0 Å². The van der Waals surface area contributed by atoms with Gasteiger partial charge < -0.3 is 19.5 Å². The molecule has 0 bridgehead atoms. The number of amides is 2. The van der Waals surface area contributed by atoms with Crippen LogP contribution < -0.4 is 25.0 Å². The minimum atomic E-state index is -0.952. The summed E-state index contributed by atoms with van der Waals surface area (Å²) in [6.07, 6.45) is 4.28. The van der Waals surface area contributed by atoms with Gasteiger partial charge in [-0.3, -0.25) is 9.59 Å². The summed E-state index contributed by atoms with van der Waals surface area (Å²) < 4.78 is 15.7. The standard InChI is InChI=1S/C26H23N3O6/c1-33-21-10-6-9-20(16-21)28-25(31)26(32)29-27-17-19-11-13-22(23(15-19)34-2)35-24(30)14-12-18-7-4-3-5-8-18/h3-17H,1-2H3,(H,28,31)(H,29,32). The van der Waals surface area contributed by atoms with Crippen LogP contribution in [-0.4, -0.2) is 38.2 Å². The minimum absolute atomic E-state index is 0.217. The quantitative estimate of drug-likeness (QED) is 0.129. The van der Waals surface area contributed by atoms with E-state index in [2.05, 4.69) is 15.8 Å². The molecule has 9 heteroatoms. The molecular formula is C26H23N3O6. The highest BCUT2D eigenvalue weighted by Crippen LogP contribution is 2.28. The highest BCUT2D eigenvalue weighted by molar-refractivity contribution is 6.39. The number of ether oxygens (including phenoxy) is 3. The second kappa shape index (κ2) is 12.4. The Morgan fingerprint density at radius 3 is 2.34 bits per heavy atom. The van der Waals surface area contributed by atoms with Crippen molar-refractivity contribution in [3.63, 3.8) is 0 Å². The van der Waals surface area contributed by atoms with Gasteiger partial charge in [0.25, 0.3) is 0 Å². The van der Waals surface area contributed by atoms with Crippen LogP contribution in [0.3, 0.4) is 0 Å². The highest BCUT2D eigenvalue weighted by Gasteiger charge is 2.13. The van der Waals surface area contributed by atoms with Gasteiger partial charge in [0.15, 0.2) is 11.5 Å². The molecular weight excluding hydrogens is 450 g/mol. The van der Waals surface area contributed by atoms with Gasteiger partial charge in [-0.15, -0.1) is 0 Å². The molecule has 3 aromatic carbocycles. The van der Waals surface area contributed by atoms with E-state index in [4.69, 9.17) is 14.2 Å². The smallest absolute Gasteiger partial charge is 0.336 e. The fourth-order valence-electron chi connectivity index (χ4n) is 2.82. The number of nitrogens with zero attached hydrogens (tertiary/aromatic N) is 1. The summed E-state index contributed by atoms with van der Waals surface area (Å²) in [5.74, 6) is -1.36. The molecule has 0 saturated carbocycles. The first-order valence-corrected chi connectivity index (χ1v) is 10.4. The Balaban J connectivity index is 1.56. The van der Waals surface area contributed by atoms with Crippen molar-refractivity contribution in [1.82, 2.24) is 5.43 Å². The lowest BCUT2D eigenvalue weighted by molar-refractivity contribution is -0.136. The number of hydrazone groups is 1. The third kappa shape index (κ3) is 7.57. The topological polar surface area (TPSA) is 115 Å². The van der Waals surface area contributed by atoms with E-state index in [9.17, 15) is 14.4 Å². The summed E-state index contributed by atoms with van der Waals surface area (Å²) in [4.78, 5) is 36.2. The molecule has 2 amide bonds. The molecule has 35 heavy (non-hydrogen) atoms. The zero-order valence-corrected chi connectivity index (χ0v) is 19.1. The Hall–Kier alpha value is -4.92. The fourth-order valence-corrected chi connectivity index (χ4v) is 2.82. The lowest BCUT2D eigenvalue weighted by Crippen LogP contribution is -2.32. The molecule has 2 N–H and O–H groups in total. The molecule has 0 heterocycles. The van der Waals surface area contributed by atoms with E-state index in [1.807, 2.05) is 30.3 Å². The van der Waals surface area contributed by atoms with E-state index in [1.165, 1.54) is 32.6 Å². The number of esters is 1. The van der Waals surface area contributed by atoms with Crippen molar-refractivity contribution in [2.24, 2.45) is 5.10 Å². The first-order chi connectivity index (χ1) is 17.0. The second-order valence-corrected chi connectivity index (χ2v) is 6.96. The summed E-state index contributed by atoms with van der Waals surface area (Å²) in [6.45, 7) is 0.